The van der Waals surface area contributed by atoms with Crippen LogP contribution in [0, 0.1) is 12.7 Å². The summed E-state index contributed by atoms with van der Waals surface area (Å²) in [5.74, 6) is -0.399. The van der Waals surface area contributed by atoms with Gasteiger partial charge in [0.2, 0.25) is 5.91 Å². The molecule has 0 spiro atoms. The van der Waals surface area contributed by atoms with Crippen molar-refractivity contribution in [1.29, 1.82) is 0 Å². The molecule has 1 amide bonds. The van der Waals surface area contributed by atoms with Gasteiger partial charge in [0.25, 0.3) is 0 Å². The summed E-state index contributed by atoms with van der Waals surface area (Å²) < 4.78 is 13.6. The van der Waals surface area contributed by atoms with Crippen molar-refractivity contribution in [2.24, 2.45) is 0 Å². The Morgan fingerprint density at radius 2 is 2.18 bits per heavy atom. The van der Waals surface area contributed by atoms with Crippen molar-refractivity contribution in [3.63, 3.8) is 0 Å². The van der Waals surface area contributed by atoms with Crippen molar-refractivity contribution >= 4 is 11.6 Å². The molecule has 17 heavy (non-hydrogen) atoms. The van der Waals surface area contributed by atoms with Gasteiger partial charge in [0.15, 0.2) is 0 Å². The second kappa shape index (κ2) is 4.73. The molecule has 1 saturated carbocycles. The van der Waals surface area contributed by atoms with Crippen molar-refractivity contribution in [3.8, 4) is 0 Å². The van der Waals surface area contributed by atoms with Crippen molar-refractivity contribution in [1.82, 2.24) is 5.32 Å². The number of hydrogen-bond donors (Lipinski definition) is 2. The minimum absolute atomic E-state index is 0.0764. The lowest BCUT2D eigenvalue weighted by molar-refractivity contribution is -0.121. The number of aryl methyl sites for hydroxylation is 1. The molecule has 1 unspecified atom stereocenters. The molecular formula is C13H17FN2O. The largest absolute Gasteiger partial charge is 0.372 e. The van der Waals surface area contributed by atoms with Gasteiger partial charge in [-0.05, 0) is 44.4 Å². The molecule has 0 heterocycles. The molecule has 92 valence electrons. The molecule has 0 radical (unpaired) electrons. The average Bonchev–Trinajstić information content (AvgIpc) is 3.06. The standard InChI is InChI=1S/C13H17FN2O/c1-8-3-6-12(11(14)7-8)15-9(2)13(17)16-10-4-5-10/h3,6-7,9-10,15H,4-5H2,1-2H3,(H,16,17). The molecule has 0 aromatic heterocycles. The highest BCUT2D eigenvalue weighted by Gasteiger charge is 2.25. The van der Waals surface area contributed by atoms with Crippen molar-refractivity contribution < 1.29 is 9.18 Å². The van der Waals surface area contributed by atoms with Gasteiger partial charge in [-0.2, -0.15) is 0 Å². The number of hydrogen-bond acceptors (Lipinski definition) is 2. The predicted octanol–water partition coefficient (Wildman–Crippen LogP) is 2.21. The van der Waals surface area contributed by atoms with Crippen LogP contribution >= 0.6 is 0 Å². The molecule has 0 bridgehead atoms. The fourth-order valence-corrected chi connectivity index (χ4v) is 1.59. The first kappa shape index (κ1) is 11.9. The number of halogens is 1. The Morgan fingerprint density at radius 1 is 1.47 bits per heavy atom. The second-order valence-electron chi connectivity index (χ2n) is 4.63. The third kappa shape index (κ3) is 3.19. The summed E-state index contributed by atoms with van der Waals surface area (Å²) in [6.07, 6.45) is 2.11. The highest BCUT2D eigenvalue weighted by atomic mass is 19.1. The molecule has 1 aliphatic carbocycles. The first-order chi connectivity index (χ1) is 8.06. The monoisotopic (exact) mass is 236 g/mol. The summed E-state index contributed by atoms with van der Waals surface area (Å²) in [5, 5.41) is 5.76. The molecule has 2 N–H and O–H groups in total. The minimum Gasteiger partial charge on any atom is -0.372 e. The third-order valence-electron chi connectivity index (χ3n) is 2.81. The molecule has 1 aromatic carbocycles. The van der Waals surface area contributed by atoms with Crippen molar-refractivity contribution in [2.45, 2.75) is 38.8 Å². The van der Waals surface area contributed by atoms with Crippen LogP contribution in [-0.4, -0.2) is 18.0 Å². The van der Waals surface area contributed by atoms with Crippen LogP contribution in [0.15, 0.2) is 18.2 Å². The average molecular weight is 236 g/mol. The van der Waals surface area contributed by atoms with Gasteiger partial charge in [0.1, 0.15) is 11.9 Å². The number of carbonyl (C=O) groups is 1. The van der Waals surface area contributed by atoms with Gasteiger partial charge in [0, 0.05) is 6.04 Å². The Kier molecular flexibility index (Phi) is 3.31. The van der Waals surface area contributed by atoms with Crippen LogP contribution in [0.4, 0.5) is 10.1 Å². The summed E-state index contributed by atoms with van der Waals surface area (Å²) >= 11 is 0. The normalized spacial score (nSPS) is 16.4. The van der Waals surface area contributed by atoms with E-state index in [9.17, 15) is 9.18 Å². The van der Waals surface area contributed by atoms with Crippen LogP contribution in [0.1, 0.15) is 25.3 Å². The van der Waals surface area contributed by atoms with Crippen molar-refractivity contribution in [2.75, 3.05) is 5.32 Å². The summed E-state index contributed by atoms with van der Waals surface area (Å²) in [5.41, 5.74) is 1.23. The zero-order valence-corrected chi connectivity index (χ0v) is 10.1. The first-order valence-electron chi connectivity index (χ1n) is 5.89. The van der Waals surface area contributed by atoms with Crippen LogP contribution in [0.2, 0.25) is 0 Å². The molecule has 1 atom stereocenters. The van der Waals surface area contributed by atoms with Crippen LogP contribution in [0.3, 0.4) is 0 Å². The molecule has 0 saturated heterocycles. The molecule has 0 aliphatic heterocycles. The molecule has 3 nitrogen and oxygen atoms in total. The van der Waals surface area contributed by atoms with Gasteiger partial charge in [-0.25, -0.2) is 4.39 Å². The lowest BCUT2D eigenvalue weighted by Crippen LogP contribution is -2.38. The van der Waals surface area contributed by atoms with E-state index in [1.807, 2.05) is 13.0 Å². The van der Waals surface area contributed by atoms with E-state index in [4.69, 9.17) is 0 Å². The maximum atomic E-state index is 13.6. The van der Waals surface area contributed by atoms with Gasteiger partial charge < -0.3 is 10.6 Å². The zero-order valence-electron chi connectivity index (χ0n) is 10.1. The Hall–Kier alpha value is -1.58. The number of benzene rings is 1. The Balaban J connectivity index is 1.96. The minimum atomic E-state index is -0.423. The van der Waals surface area contributed by atoms with E-state index >= 15 is 0 Å². The van der Waals surface area contributed by atoms with Gasteiger partial charge in [-0.3, -0.25) is 4.79 Å². The smallest absolute Gasteiger partial charge is 0.242 e. The van der Waals surface area contributed by atoms with Gasteiger partial charge in [-0.1, -0.05) is 6.07 Å². The number of rotatable bonds is 4. The van der Waals surface area contributed by atoms with Gasteiger partial charge in [-0.15, -0.1) is 0 Å². The maximum absolute atomic E-state index is 13.6. The van der Waals surface area contributed by atoms with Crippen molar-refractivity contribution in [3.05, 3.63) is 29.6 Å². The van der Waals surface area contributed by atoms with E-state index < -0.39 is 6.04 Å². The SMILES string of the molecule is Cc1ccc(NC(C)C(=O)NC2CC2)c(F)c1. The van der Waals surface area contributed by atoms with Crippen LogP contribution in [-0.2, 0) is 4.79 Å². The van der Waals surface area contributed by atoms with E-state index in [1.165, 1.54) is 6.07 Å². The molecule has 1 aliphatic rings. The fraction of sp³-hybridized carbons (Fsp3) is 0.462. The highest BCUT2D eigenvalue weighted by Crippen LogP contribution is 2.20. The number of nitrogens with one attached hydrogen (secondary N) is 2. The number of amides is 1. The lowest BCUT2D eigenvalue weighted by atomic mass is 10.2. The Labute approximate surface area is 100 Å². The van der Waals surface area contributed by atoms with Crippen LogP contribution < -0.4 is 10.6 Å². The Bertz CT molecular complexity index is 429. The highest BCUT2D eigenvalue weighted by molar-refractivity contribution is 5.84. The summed E-state index contributed by atoms with van der Waals surface area (Å²) in [7, 11) is 0. The summed E-state index contributed by atoms with van der Waals surface area (Å²) in [4.78, 5) is 11.7. The summed E-state index contributed by atoms with van der Waals surface area (Å²) in [6.45, 7) is 3.56. The molecular weight excluding hydrogens is 219 g/mol. The zero-order chi connectivity index (χ0) is 12.4. The predicted molar refractivity (Wildman–Crippen MR) is 65.4 cm³/mol. The second-order valence-corrected chi connectivity index (χ2v) is 4.63. The van der Waals surface area contributed by atoms with E-state index in [2.05, 4.69) is 10.6 Å². The summed E-state index contributed by atoms with van der Waals surface area (Å²) in [6, 6.07) is 4.83. The lowest BCUT2D eigenvalue weighted by Gasteiger charge is -2.15. The molecule has 2 rings (SSSR count). The fourth-order valence-electron chi connectivity index (χ4n) is 1.59. The van der Waals surface area contributed by atoms with E-state index in [0.29, 0.717) is 11.7 Å². The third-order valence-corrected chi connectivity index (χ3v) is 2.81. The van der Waals surface area contributed by atoms with E-state index in [1.54, 1.807) is 13.0 Å². The topological polar surface area (TPSA) is 41.1 Å². The number of anilines is 1. The van der Waals surface area contributed by atoms with Gasteiger partial charge in [0.05, 0.1) is 5.69 Å². The van der Waals surface area contributed by atoms with E-state index in [-0.39, 0.29) is 11.7 Å². The van der Waals surface area contributed by atoms with E-state index in [0.717, 1.165) is 18.4 Å². The molecule has 4 heteroatoms. The van der Waals surface area contributed by atoms with Crippen LogP contribution in [0.25, 0.3) is 0 Å². The quantitative estimate of drug-likeness (QED) is 0.841. The number of carbonyl (C=O) groups excluding carboxylic acids is 1. The maximum Gasteiger partial charge on any atom is 0.242 e. The first-order valence-corrected chi connectivity index (χ1v) is 5.89. The van der Waals surface area contributed by atoms with Crippen LogP contribution in [0.5, 0.6) is 0 Å². The van der Waals surface area contributed by atoms with Gasteiger partial charge >= 0.3 is 0 Å². The molecule has 1 aromatic rings. The Morgan fingerprint density at radius 3 is 2.76 bits per heavy atom. The molecule has 1 fully saturated rings.